The van der Waals surface area contributed by atoms with Crippen molar-refractivity contribution < 1.29 is 4.74 Å². The second-order valence-electron chi connectivity index (χ2n) is 4.28. The van der Waals surface area contributed by atoms with Crippen LogP contribution in [0, 0.1) is 0 Å². The fourth-order valence-electron chi connectivity index (χ4n) is 1.71. The molecule has 5 nitrogen and oxygen atoms in total. The molecule has 0 saturated heterocycles. The molecule has 2 aromatic rings. The highest BCUT2D eigenvalue weighted by Gasteiger charge is 2.09. The van der Waals surface area contributed by atoms with Gasteiger partial charge in [-0.2, -0.15) is 15.0 Å². The number of hydrogen-bond donors (Lipinski definition) is 1. The first kappa shape index (κ1) is 13.5. The van der Waals surface area contributed by atoms with E-state index < -0.39 is 0 Å². The molecule has 2 rings (SSSR count). The first-order valence-corrected chi connectivity index (χ1v) is 6.29. The lowest BCUT2D eigenvalue weighted by Gasteiger charge is -2.13. The number of benzene rings is 1. The first-order chi connectivity index (χ1) is 9.10. The van der Waals surface area contributed by atoms with Gasteiger partial charge in [0.2, 0.25) is 11.2 Å². The molecule has 0 aliphatic heterocycles. The Labute approximate surface area is 117 Å². The molecule has 0 saturated carbocycles. The van der Waals surface area contributed by atoms with Crippen molar-refractivity contribution in [2.45, 2.75) is 19.8 Å². The maximum absolute atomic E-state index is 5.82. The number of nitrogens with zero attached hydrogens (tertiary/aromatic N) is 3. The quantitative estimate of drug-likeness (QED) is 0.929. The maximum atomic E-state index is 5.82. The summed E-state index contributed by atoms with van der Waals surface area (Å²) in [6.45, 7) is 4.25. The maximum Gasteiger partial charge on any atom is 0.322 e. The van der Waals surface area contributed by atoms with E-state index in [1.165, 1.54) is 12.7 Å². The van der Waals surface area contributed by atoms with Gasteiger partial charge in [-0.05, 0) is 29.1 Å². The lowest BCUT2D eigenvalue weighted by Crippen LogP contribution is -2.04. The molecule has 0 radical (unpaired) electrons. The number of hydrogen-bond acceptors (Lipinski definition) is 5. The fourth-order valence-corrected chi connectivity index (χ4v) is 1.87. The number of rotatable bonds is 4. The standard InChI is InChI=1S/C13H15ClN4O/c1-8(2)9-6-4-5-7-10(9)15-12-16-11(14)17-13(18-12)19-3/h4-8H,1-3H3,(H,15,16,17,18). The van der Waals surface area contributed by atoms with E-state index in [9.17, 15) is 0 Å². The zero-order valence-electron chi connectivity index (χ0n) is 11.0. The molecule has 1 aromatic carbocycles. The van der Waals surface area contributed by atoms with E-state index in [4.69, 9.17) is 16.3 Å². The van der Waals surface area contributed by atoms with E-state index in [1.807, 2.05) is 18.2 Å². The van der Waals surface area contributed by atoms with Crippen LogP contribution < -0.4 is 10.1 Å². The van der Waals surface area contributed by atoms with Gasteiger partial charge in [-0.15, -0.1) is 0 Å². The Morgan fingerprint density at radius 1 is 1.16 bits per heavy atom. The number of ether oxygens (including phenoxy) is 1. The summed E-state index contributed by atoms with van der Waals surface area (Å²) in [6, 6.07) is 8.17. The Bertz CT molecular complexity index is 574. The Balaban J connectivity index is 2.33. The van der Waals surface area contributed by atoms with Crippen LogP contribution in [0.4, 0.5) is 11.6 Å². The normalized spacial score (nSPS) is 10.6. The number of aromatic nitrogens is 3. The molecule has 0 aliphatic rings. The van der Waals surface area contributed by atoms with Crippen molar-refractivity contribution in [2.24, 2.45) is 0 Å². The smallest absolute Gasteiger partial charge is 0.322 e. The highest BCUT2D eigenvalue weighted by molar-refractivity contribution is 6.28. The molecule has 0 aliphatic carbocycles. The minimum atomic E-state index is 0.0939. The molecule has 0 unspecified atom stereocenters. The van der Waals surface area contributed by atoms with Crippen molar-refractivity contribution in [1.82, 2.24) is 15.0 Å². The van der Waals surface area contributed by atoms with E-state index >= 15 is 0 Å². The van der Waals surface area contributed by atoms with Crippen molar-refractivity contribution in [3.63, 3.8) is 0 Å². The summed E-state index contributed by atoms with van der Waals surface area (Å²) in [5.74, 6) is 0.757. The summed E-state index contributed by atoms with van der Waals surface area (Å²) >= 11 is 5.82. The third kappa shape index (κ3) is 3.32. The molecule has 0 atom stereocenters. The molecule has 100 valence electrons. The topological polar surface area (TPSA) is 59.9 Å². The molecular formula is C13H15ClN4O. The zero-order valence-corrected chi connectivity index (χ0v) is 11.8. The minimum Gasteiger partial charge on any atom is -0.467 e. The Morgan fingerprint density at radius 3 is 2.58 bits per heavy atom. The van der Waals surface area contributed by atoms with Gasteiger partial charge in [-0.25, -0.2) is 0 Å². The van der Waals surface area contributed by atoms with Crippen LogP contribution in [0.1, 0.15) is 25.3 Å². The predicted octanol–water partition coefficient (Wildman–Crippen LogP) is 3.40. The lowest BCUT2D eigenvalue weighted by atomic mass is 10.0. The number of anilines is 2. The molecule has 0 spiro atoms. The van der Waals surface area contributed by atoms with Crippen LogP contribution >= 0.6 is 11.6 Å². The van der Waals surface area contributed by atoms with Crippen molar-refractivity contribution >= 4 is 23.2 Å². The van der Waals surface area contributed by atoms with Crippen LogP contribution in [-0.2, 0) is 0 Å². The summed E-state index contributed by atoms with van der Waals surface area (Å²) in [7, 11) is 1.48. The summed E-state index contributed by atoms with van der Waals surface area (Å²) in [5.41, 5.74) is 2.12. The van der Waals surface area contributed by atoms with Gasteiger partial charge in [0.1, 0.15) is 0 Å². The van der Waals surface area contributed by atoms with Gasteiger partial charge in [-0.3, -0.25) is 0 Å². The van der Waals surface area contributed by atoms with E-state index in [0.717, 1.165) is 5.69 Å². The van der Waals surface area contributed by atoms with E-state index in [1.54, 1.807) is 0 Å². The van der Waals surface area contributed by atoms with E-state index in [2.05, 4.69) is 40.2 Å². The summed E-state index contributed by atoms with van der Waals surface area (Å²) in [6.07, 6.45) is 0. The van der Waals surface area contributed by atoms with Gasteiger partial charge in [0.05, 0.1) is 7.11 Å². The highest BCUT2D eigenvalue weighted by Crippen LogP contribution is 2.26. The van der Waals surface area contributed by atoms with Crippen LogP contribution in [0.3, 0.4) is 0 Å². The van der Waals surface area contributed by atoms with E-state index in [0.29, 0.717) is 11.9 Å². The van der Waals surface area contributed by atoms with Crippen molar-refractivity contribution in [1.29, 1.82) is 0 Å². The van der Waals surface area contributed by atoms with Crippen LogP contribution in [0.2, 0.25) is 5.28 Å². The van der Waals surface area contributed by atoms with Gasteiger partial charge in [0.15, 0.2) is 0 Å². The first-order valence-electron chi connectivity index (χ1n) is 5.91. The SMILES string of the molecule is COc1nc(Cl)nc(Nc2ccccc2C(C)C)n1. The number of methoxy groups -OCH3 is 1. The van der Waals surface area contributed by atoms with Gasteiger partial charge in [0.25, 0.3) is 0 Å². The Hall–Kier alpha value is -1.88. The fraction of sp³-hybridized carbons (Fsp3) is 0.308. The zero-order chi connectivity index (χ0) is 13.8. The molecule has 0 amide bonds. The van der Waals surface area contributed by atoms with E-state index in [-0.39, 0.29) is 11.3 Å². The van der Waals surface area contributed by atoms with Gasteiger partial charge < -0.3 is 10.1 Å². The van der Waals surface area contributed by atoms with Gasteiger partial charge in [0, 0.05) is 5.69 Å². The molecule has 0 bridgehead atoms. The third-order valence-electron chi connectivity index (χ3n) is 2.60. The van der Waals surface area contributed by atoms with Gasteiger partial charge >= 0.3 is 6.01 Å². The summed E-state index contributed by atoms with van der Waals surface area (Å²) < 4.78 is 4.96. The monoisotopic (exact) mass is 278 g/mol. The minimum absolute atomic E-state index is 0.0939. The number of nitrogens with one attached hydrogen (secondary N) is 1. The lowest BCUT2D eigenvalue weighted by molar-refractivity contribution is 0.379. The van der Waals surface area contributed by atoms with Crippen molar-refractivity contribution in [2.75, 3.05) is 12.4 Å². The van der Waals surface area contributed by atoms with Gasteiger partial charge in [-0.1, -0.05) is 32.0 Å². The number of para-hydroxylation sites is 1. The van der Waals surface area contributed by atoms with Crippen molar-refractivity contribution in [3.8, 4) is 6.01 Å². The Kier molecular flexibility index (Phi) is 4.16. The molecule has 19 heavy (non-hydrogen) atoms. The van der Waals surface area contributed by atoms with Crippen LogP contribution in [0.15, 0.2) is 24.3 Å². The van der Waals surface area contributed by atoms with Crippen LogP contribution in [-0.4, -0.2) is 22.1 Å². The largest absolute Gasteiger partial charge is 0.467 e. The van der Waals surface area contributed by atoms with Crippen LogP contribution in [0.25, 0.3) is 0 Å². The summed E-state index contributed by atoms with van der Waals surface area (Å²) in [4.78, 5) is 12.0. The average Bonchev–Trinajstić information content (AvgIpc) is 2.38. The Morgan fingerprint density at radius 2 is 1.89 bits per heavy atom. The predicted molar refractivity (Wildman–Crippen MR) is 75.2 cm³/mol. The molecule has 6 heteroatoms. The van der Waals surface area contributed by atoms with Crippen LogP contribution in [0.5, 0.6) is 6.01 Å². The summed E-state index contributed by atoms with van der Waals surface area (Å²) in [5, 5.41) is 3.24. The second kappa shape index (κ2) is 5.84. The molecule has 1 N–H and O–H groups in total. The molecule has 1 heterocycles. The second-order valence-corrected chi connectivity index (χ2v) is 4.62. The van der Waals surface area contributed by atoms with Crippen molar-refractivity contribution in [3.05, 3.63) is 35.1 Å². The third-order valence-corrected chi connectivity index (χ3v) is 2.77. The average molecular weight is 279 g/mol. The molecule has 1 aromatic heterocycles. The molecular weight excluding hydrogens is 264 g/mol. The highest BCUT2D eigenvalue weighted by atomic mass is 35.5. The number of halogens is 1. The molecule has 0 fully saturated rings.